The normalized spacial score (nSPS) is 18.8. The summed E-state index contributed by atoms with van der Waals surface area (Å²) in [6.07, 6.45) is 4.01. The van der Waals surface area contributed by atoms with Crippen LogP contribution < -0.4 is 18.9 Å². The molecule has 0 spiro atoms. The van der Waals surface area contributed by atoms with E-state index in [1.54, 1.807) is 25.3 Å². The molecular weight excluding hydrogens is 548 g/mol. The number of phenols is 3. The molecular formula is C35H44O8. The number of unbranched alkanes of at least 4 members (excludes halogenated alkanes) is 2. The highest BCUT2D eigenvalue weighted by Crippen LogP contribution is 2.56. The number of ether oxygens (including phenoxy) is 4. The van der Waals surface area contributed by atoms with Crippen LogP contribution in [0.1, 0.15) is 87.2 Å². The number of methoxy groups -OCH3 is 2. The van der Waals surface area contributed by atoms with Crippen molar-refractivity contribution in [3.63, 3.8) is 0 Å². The van der Waals surface area contributed by atoms with E-state index in [0.717, 1.165) is 66.3 Å². The first kappa shape index (κ1) is 30.7. The molecule has 0 amide bonds. The van der Waals surface area contributed by atoms with E-state index in [-0.39, 0.29) is 40.2 Å². The lowest BCUT2D eigenvalue weighted by Crippen LogP contribution is -2.36. The minimum atomic E-state index is -0.994. The van der Waals surface area contributed by atoms with Gasteiger partial charge in [-0.05, 0) is 66.5 Å². The molecule has 0 radical (unpaired) electrons. The highest BCUT2D eigenvalue weighted by Gasteiger charge is 2.43. The molecule has 2 aliphatic rings. The Hall–Kier alpha value is -3.78. The molecule has 0 saturated carbocycles. The highest BCUT2D eigenvalue weighted by atomic mass is 16.5. The molecule has 3 atom stereocenters. The van der Waals surface area contributed by atoms with Crippen LogP contribution in [0.5, 0.6) is 40.2 Å². The quantitative estimate of drug-likeness (QED) is 0.173. The number of hydrogen-bond acceptors (Lipinski definition) is 8. The predicted molar refractivity (Wildman–Crippen MR) is 165 cm³/mol. The summed E-state index contributed by atoms with van der Waals surface area (Å²) in [6, 6.07) is 8.84. The fraction of sp³-hybridized carbons (Fsp3) is 0.486. The third-order valence-corrected chi connectivity index (χ3v) is 8.78. The molecule has 0 unspecified atom stereocenters. The third kappa shape index (κ3) is 5.77. The zero-order chi connectivity index (χ0) is 30.8. The van der Waals surface area contributed by atoms with Crippen molar-refractivity contribution in [2.24, 2.45) is 5.92 Å². The number of aliphatic hydroxyl groups excluding tert-OH is 1. The van der Waals surface area contributed by atoms with Crippen molar-refractivity contribution in [1.29, 1.82) is 0 Å². The van der Waals surface area contributed by atoms with Crippen LogP contribution in [-0.4, -0.2) is 47.4 Å². The molecule has 5 rings (SSSR count). The number of benzene rings is 3. The predicted octanol–water partition coefficient (Wildman–Crippen LogP) is 7.17. The Morgan fingerprint density at radius 1 is 0.953 bits per heavy atom. The number of aliphatic hydroxyl groups is 1. The van der Waals surface area contributed by atoms with Gasteiger partial charge in [0.15, 0.2) is 17.6 Å². The van der Waals surface area contributed by atoms with Gasteiger partial charge in [0, 0.05) is 28.7 Å². The van der Waals surface area contributed by atoms with Crippen molar-refractivity contribution < 1.29 is 39.4 Å². The second-order valence-electron chi connectivity index (χ2n) is 12.0. The van der Waals surface area contributed by atoms with Crippen molar-refractivity contribution >= 4 is 0 Å². The monoisotopic (exact) mass is 592 g/mol. The lowest BCUT2D eigenvalue weighted by Gasteiger charge is -2.40. The van der Waals surface area contributed by atoms with Crippen LogP contribution in [0, 0.1) is 5.92 Å². The minimum Gasteiger partial charge on any atom is -0.508 e. The largest absolute Gasteiger partial charge is 0.508 e. The molecule has 0 aromatic heterocycles. The van der Waals surface area contributed by atoms with E-state index in [2.05, 4.69) is 20.8 Å². The van der Waals surface area contributed by atoms with Crippen molar-refractivity contribution in [2.75, 3.05) is 20.8 Å². The van der Waals surface area contributed by atoms with Gasteiger partial charge in [0.05, 0.1) is 20.8 Å². The number of hydrogen-bond donors (Lipinski definition) is 4. The summed E-state index contributed by atoms with van der Waals surface area (Å²) in [5.41, 5.74) is 5.35. The second-order valence-corrected chi connectivity index (χ2v) is 12.0. The van der Waals surface area contributed by atoms with Crippen LogP contribution >= 0.6 is 0 Å². The van der Waals surface area contributed by atoms with Crippen molar-refractivity contribution in [3.05, 3.63) is 52.6 Å². The Labute approximate surface area is 253 Å². The zero-order valence-electron chi connectivity index (χ0n) is 25.8. The van der Waals surface area contributed by atoms with Gasteiger partial charge in [0.1, 0.15) is 23.4 Å². The molecule has 0 saturated heterocycles. The SMILES string of the molecule is CCCCC[C@@H]1c2c(cc(OC)c3c2CCc2cc(O)ccc2-3)O[C@@H](c2cc(OCCC(C)C)c(O)c(OC)c2O)[C@@H]1O. The fourth-order valence-electron chi connectivity index (χ4n) is 6.53. The zero-order valence-corrected chi connectivity index (χ0v) is 25.8. The maximum absolute atomic E-state index is 12.0. The molecule has 1 aliphatic heterocycles. The van der Waals surface area contributed by atoms with Gasteiger partial charge in [-0.25, -0.2) is 0 Å². The Kier molecular flexibility index (Phi) is 9.16. The minimum absolute atomic E-state index is 0.121. The Balaban J connectivity index is 1.64. The number of rotatable bonds is 11. The van der Waals surface area contributed by atoms with Gasteiger partial charge in [0.2, 0.25) is 11.5 Å². The average molecular weight is 593 g/mol. The van der Waals surface area contributed by atoms with E-state index in [9.17, 15) is 20.4 Å². The van der Waals surface area contributed by atoms with Gasteiger partial charge >= 0.3 is 0 Å². The van der Waals surface area contributed by atoms with Crippen LogP contribution in [0.2, 0.25) is 0 Å². The molecule has 232 valence electrons. The summed E-state index contributed by atoms with van der Waals surface area (Å²) in [4.78, 5) is 0. The summed E-state index contributed by atoms with van der Waals surface area (Å²) < 4.78 is 23.8. The molecule has 43 heavy (non-hydrogen) atoms. The van der Waals surface area contributed by atoms with Crippen molar-refractivity contribution in [1.82, 2.24) is 0 Å². The summed E-state index contributed by atoms with van der Waals surface area (Å²) >= 11 is 0. The summed E-state index contributed by atoms with van der Waals surface area (Å²) in [7, 11) is 2.99. The van der Waals surface area contributed by atoms with E-state index in [0.29, 0.717) is 30.4 Å². The van der Waals surface area contributed by atoms with Crippen molar-refractivity contribution in [3.8, 4) is 51.4 Å². The van der Waals surface area contributed by atoms with Crippen LogP contribution in [-0.2, 0) is 12.8 Å². The molecule has 1 aliphatic carbocycles. The van der Waals surface area contributed by atoms with Gasteiger partial charge < -0.3 is 39.4 Å². The molecule has 8 heteroatoms. The first-order valence-corrected chi connectivity index (χ1v) is 15.4. The standard InChI is InChI=1S/C35H44O8/c1-6-7-8-9-24-30-23-12-10-20-16-21(36)11-13-22(20)29(23)26(40-4)18-27(30)43-34(31(24)37)25-17-28(42-15-14-19(2)3)33(39)35(41-5)32(25)38/h11,13,16-19,24,31,34,36-39H,6-10,12,14-15H2,1-5H3/t24-,31-,34+/m1/s1. The maximum atomic E-state index is 12.0. The summed E-state index contributed by atoms with van der Waals surface area (Å²) in [6.45, 7) is 6.70. The number of aryl methyl sites for hydroxylation is 1. The van der Waals surface area contributed by atoms with Gasteiger partial charge in [-0.1, -0.05) is 46.1 Å². The van der Waals surface area contributed by atoms with Crippen molar-refractivity contribution in [2.45, 2.75) is 83.8 Å². The molecule has 0 bridgehead atoms. The number of fused-ring (bicyclic) bond motifs is 5. The first-order chi connectivity index (χ1) is 20.7. The molecule has 1 heterocycles. The molecule has 3 aromatic rings. The van der Waals surface area contributed by atoms with Gasteiger partial charge in [-0.3, -0.25) is 0 Å². The highest BCUT2D eigenvalue weighted by molar-refractivity contribution is 5.82. The number of aromatic hydroxyl groups is 3. The van der Waals surface area contributed by atoms with E-state index in [4.69, 9.17) is 18.9 Å². The van der Waals surface area contributed by atoms with E-state index in [1.165, 1.54) is 7.11 Å². The molecule has 8 nitrogen and oxygen atoms in total. The topological polar surface area (TPSA) is 118 Å². The van der Waals surface area contributed by atoms with Crippen LogP contribution in [0.15, 0.2) is 30.3 Å². The maximum Gasteiger partial charge on any atom is 0.207 e. The second kappa shape index (κ2) is 12.8. The Bertz CT molecular complexity index is 1460. The average Bonchev–Trinajstić information content (AvgIpc) is 2.98. The van der Waals surface area contributed by atoms with E-state index >= 15 is 0 Å². The molecule has 4 N–H and O–H groups in total. The van der Waals surface area contributed by atoms with Crippen LogP contribution in [0.4, 0.5) is 0 Å². The fourth-order valence-corrected chi connectivity index (χ4v) is 6.53. The Morgan fingerprint density at radius 3 is 2.44 bits per heavy atom. The van der Waals surface area contributed by atoms with Crippen LogP contribution in [0.25, 0.3) is 11.1 Å². The lowest BCUT2D eigenvalue weighted by atomic mass is 9.74. The lowest BCUT2D eigenvalue weighted by molar-refractivity contribution is -0.00468. The molecule has 3 aromatic carbocycles. The van der Waals surface area contributed by atoms with Crippen LogP contribution in [0.3, 0.4) is 0 Å². The third-order valence-electron chi connectivity index (χ3n) is 8.78. The smallest absolute Gasteiger partial charge is 0.207 e. The van der Waals surface area contributed by atoms with E-state index < -0.39 is 12.2 Å². The first-order valence-electron chi connectivity index (χ1n) is 15.4. The van der Waals surface area contributed by atoms with E-state index in [1.807, 2.05) is 12.1 Å². The van der Waals surface area contributed by atoms with Gasteiger partial charge in [-0.2, -0.15) is 0 Å². The molecule has 0 fully saturated rings. The summed E-state index contributed by atoms with van der Waals surface area (Å²) in [5.74, 6) is 1.06. The van der Waals surface area contributed by atoms with Gasteiger partial charge in [0.25, 0.3) is 0 Å². The van der Waals surface area contributed by atoms with Gasteiger partial charge in [-0.15, -0.1) is 0 Å². The Morgan fingerprint density at radius 2 is 1.74 bits per heavy atom. The summed E-state index contributed by atoms with van der Waals surface area (Å²) in [5, 5.41) is 44.3. The number of phenolic OH excluding ortho intramolecular Hbond substituents is 3.